The molecule has 2 aromatic rings. The van der Waals surface area contributed by atoms with Crippen molar-refractivity contribution in [3.63, 3.8) is 0 Å². The second kappa shape index (κ2) is 6.11. The minimum absolute atomic E-state index is 0.243. The molecule has 0 aliphatic carbocycles. The molecule has 0 bridgehead atoms. The molecular formula is C12H13N5O2S. The van der Waals surface area contributed by atoms with Gasteiger partial charge in [-0.3, -0.25) is 4.79 Å². The van der Waals surface area contributed by atoms with Crippen molar-refractivity contribution in [1.29, 1.82) is 0 Å². The SMILES string of the molecule is Cc1ccccc1NC(=S)Nc1cn(CC(=O)O)nn1. The molecule has 0 fully saturated rings. The van der Waals surface area contributed by atoms with Crippen LogP contribution in [-0.2, 0) is 11.3 Å². The van der Waals surface area contributed by atoms with Crippen molar-refractivity contribution in [2.45, 2.75) is 13.5 Å². The van der Waals surface area contributed by atoms with Gasteiger partial charge in [-0.15, -0.1) is 5.10 Å². The second-order valence-corrected chi connectivity index (χ2v) is 4.50. The van der Waals surface area contributed by atoms with E-state index in [1.54, 1.807) is 0 Å². The number of thiocarbonyl (C=S) groups is 1. The van der Waals surface area contributed by atoms with Crippen molar-refractivity contribution in [3.8, 4) is 0 Å². The highest BCUT2D eigenvalue weighted by molar-refractivity contribution is 7.80. The summed E-state index contributed by atoms with van der Waals surface area (Å²) in [4.78, 5) is 10.5. The molecule has 8 heteroatoms. The lowest BCUT2D eigenvalue weighted by atomic mass is 10.2. The zero-order valence-electron chi connectivity index (χ0n) is 10.7. The number of carbonyl (C=O) groups is 1. The molecular weight excluding hydrogens is 278 g/mol. The number of aryl methyl sites for hydroxylation is 1. The molecule has 0 unspecified atom stereocenters. The predicted molar refractivity (Wildman–Crippen MR) is 78.7 cm³/mol. The molecule has 3 N–H and O–H groups in total. The molecule has 0 amide bonds. The summed E-state index contributed by atoms with van der Waals surface area (Å²) in [5.74, 6) is -0.598. The summed E-state index contributed by atoms with van der Waals surface area (Å²) in [6, 6.07) is 7.72. The van der Waals surface area contributed by atoms with Crippen molar-refractivity contribution in [2.24, 2.45) is 0 Å². The maximum atomic E-state index is 10.5. The van der Waals surface area contributed by atoms with Crippen LogP contribution < -0.4 is 10.6 Å². The van der Waals surface area contributed by atoms with Crippen LogP contribution in [-0.4, -0.2) is 31.2 Å². The van der Waals surface area contributed by atoms with Crippen LogP contribution in [0.15, 0.2) is 30.5 Å². The molecule has 7 nitrogen and oxygen atoms in total. The summed E-state index contributed by atoms with van der Waals surface area (Å²) in [5.41, 5.74) is 1.95. The van der Waals surface area contributed by atoms with Gasteiger partial charge in [0.25, 0.3) is 0 Å². The number of para-hydroxylation sites is 1. The number of nitrogens with zero attached hydrogens (tertiary/aromatic N) is 3. The number of benzene rings is 1. The molecule has 0 atom stereocenters. The third-order valence-corrected chi connectivity index (χ3v) is 2.67. The van der Waals surface area contributed by atoms with Gasteiger partial charge < -0.3 is 15.7 Å². The van der Waals surface area contributed by atoms with Crippen LogP contribution in [0.4, 0.5) is 11.5 Å². The van der Waals surface area contributed by atoms with Gasteiger partial charge in [0.2, 0.25) is 0 Å². The third-order valence-electron chi connectivity index (χ3n) is 2.47. The first-order valence-electron chi connectivity index (χ1n) is 5.80. The molecule has 0 saturated heterocycles. The van der Waals surface area contributed by atoms with E-state index in [1.807, 2.05) is 31.2 Å². The number of nitrogens with one attached hydrogen (secondary N) is 2. The number of aliphatic carboxylic acids is 1. The Kier molecular flexibility index (Phi) is 4.26. The highest BCUT2D eigenvalue weighted by Gasteiger charge is 2.06. The zero-order valence-corrected chi connectivity index (χ0v) is 11.5. The van der Waals surface area contributed by atoms with Crippen LogP contribution in [0.25, 0.3) is 0 Å². The first kappa shape index (κ1) is 13.9. The number of anilines is 2. The Hall–Kier alpha value is -2.48. The maximum Gasteiger partial charge on any atom is 0.325 e. The van der Waals surface area contributed by atoms with Crippen molar-refractivity contribution >= 4 is 34.8 Å². The molecule has 104 valence electrons. The lowest BCUT2D eigenvalue weighted by Crippen LogP contribution is -2.19. The maximum absolute atomic E-state index is 10.5. The van der Waals surface area contributed by atoms with Gasteiger partial charge in [-0.25, -0.2) is 4.68 Å². The Balaban J connectivity index is 1.96. The third kappa shape index (κ3) is 3.75. The van der Waals surface area contributed by atoms with E-state index in [1.165, 1.54) is 10.9 Å². The van der Waals surface area contributed by atoms with Gasteiger partial charge in [0.05, 0.1) is 6.20 Å². The summed E-state index contributed by atoms with van der Waals surface area (Å²) in [6.07, 6.45) is 1.47. The number of carboxylic acids is 1. The molecule has 0 aliphatic rings. The van der Waals surface area contributed by atoms with Gasteiger partial charge in [0.1, 0.15) is 6.54 Å². The summed E-state index contributed by atoms with van der Waals surface area (Å²) >= 11 is 5.16. The Bertz CT molecular complexity index is 640. The molecule has 0 aliphatic heterocycles. The first-order chi connectivity index (χ1) is 9.54. The zero-order chi connectivity index (χ0) is 14.5. The van der Waals surface area contributed by atoms with Gasteiger partial charge in [0.15, 0.2) is 10.9 Å². The Morgan fingerprint density at radius 3 is 2.85 bits per heavy atom. The lowest BCUT2D eigenvalue weighted by molar-refractivity contribution is -0.137. The molecule has 0 saturated carbocycles. The smallest absolute Gasteiger partial charge is 0.325 e. The van der Waals surface area contributed by atoms with Gasteiger partial charge in [-0.05, 0) is 30.8 Å². The minimum atomic E-state index is -0.984. The fourth-order valence-corrected chi connectivity index (χ4v) is 1.77. The van der Waals surface area contributed by atoms with Crippen LogP contribution in [0.5, 0.6) is 0 Å². The second-order valence-electron chi connectivity index (χ2n) is 4.09. The fraction of sp³-hybridized carbons (Fsp3) is 0.167. The topological polar surface area (TPSA) is 92.1 Å². The van der Waals surface area contributed by atoms with E-state index < -0.39 is 5.97 Å². The summed E-state index contributed by atoms with van der Waals surface area (Å²) in [6.45, 7) is 1.72. The highest BCUT2D eigenvalue weighted by atomic mass is 32.1. The summed E-state index contributed by atoms with van der Waals surface area (Å²) in [7, 11) is 0. The van der Waals surface area contributed by atoms with E-state index in [2.05, 4.69) is 20.9 Å². The van der Waals surface area contributed by atoms with Crippen molar-refractivity contribution in [3.05, 3.63) is 36.0 Å². The standard InChI is InChI=1S/C12H13N5O2S/c1-8-4-2-3-5-9(8)13-12(20)14-10-6-17(16-15-10)7-11(18)19/h2-6H,7H2,1H3,(H,18,19)(H2,13,14,20). The van der Waals surface area contributed by atoms with E-state index >= 15 is 0 Å². The predicted octanol–water partition coefficient (Wildman–Crippen LogP) is 1.48. The van der Waals surface area contributed by atoms with Crippen LogP contribution in [0.1, 0.15) is 5.56 Å². The lowest BCUT2D eigenvalue weighted by Gasteiger charge is -2.10. The molecule has 0 radical (unpaired) electrons. The first-order valence-corrected chi connectivity index (χ1v) is 6.21. The Morgan fingerprint density at radius 1 is 1.40 bits per heavy atom. The monoisotopic (exact) mass is 291 g/mol. The van der Waals surface area contributed by atoms with Crippen LogP contribution in [0.2, 0.25) is 0 Å². The summed E-state index contributed by atoms with van der Waals surface area (Å²) in [5, 5.41) is 22.3. The number of hydrogen-bond donors (Lipinski definition) is 3. The average Bonchev–Trinajstić information content (AvgIpc) is 2.78. The molecule has 1 aromatic heterocycles. The number of hydrogen-bond acceptors (Lipinski definition) is 4. The van der Waals surface area contributed by atoms with Gasteiger partial charge in [-0.1, -0.05) is 23.4 Å². The average molecular weight is 291 g/mol. The van der Waals surface area contributed by atoms with Gasteiger partial charge >= 0.3 is 5.97 Å². The molecule has 1 heterocycles. The van der Waals surface area contributed by atoms with Gasteiger partial charge in [-0.2, -0.15) is 0 Å². The van der Waals surface area contributed by atoms with Crippen LogP contribution in [0, 0.1) is 6.92 Å². The number of rotatable bonds is 4. The normalized spacial score (nSPS) is 10.1. The Morgan fingerprint density at radius 2 is 2.15 bits per heavy atom. The fourth-order valence-electron chi connectivity index (χ4n) is 1.55. The molecule has 20 heavy (non-hydrogen) atoms. The molecule has 1 aromatic carbocycles. The number of aromatic nitrogens is 3. The highest BCUT2D eigenvalue weighted by Crippen LogP contribution is 2.13. The van der Waals surface area contributed by atoms with E-state index in [-0.39, 0.29) is 6.54 Å². The quantitative estimate of drug-likeness (QED) is 0.735. The van der Waals surface area contributed by atoms with E-state index in [9.17, 15) is 4.79 Å². The summed E-state index contributed by atoms with van der Waals surface area (Å²) < 4.78 is 1.21. The minimum Gasteiger partial charge on any atom is -0.480 e. The van der Waals surface area contributed by atoms with Crippen molar-refractivity contribution in [2.75, 3.05) is 10.6 Å². The van der Waals surface area contributed by atoms with Crippen LogP contribution >= 0.6 is 12.2 Å². The van der Waals surface area contributed by atoms with Crippen LogP contribution in [0.3, 0.4) is 0 Å². The number of carboxylic acid groups (broad SMARTS) is 1. The molecule has 0 spiro atoms. The van der Waals surface area contributed by atoms with Gasteiger partial charge in [0, 0.05) is 5.69 Å². The van der Waals surface area contributed by atoms with Crippen molar-refractivity contribution < 1.29 is 9.90 Å². The van der Waals surface area contributed by atoms with E-state index in [0.29, 0.717) is 10.9 Å². The largest absolute Gasteiger partial charge is 0.480 e. The molecule has 2 rings (SSSR count). The van der Waals surface area contributed by atoms with E-state index in [0.717, 1.165) is 11.3 Å². The van der Waals surface area contributed by atoms with E-state index in [4.69, 9.17) is 17.3 Å². The van der Waals surface area contributed by atoms with Crippen molar-refractivity contribution in [1.82, 2.24) is 15.0 Å². The Labute approximate surface area is 120 Å².